The van der Waals surface area contributed by atoms with Crippen molar-refractivity contribution in [3.8, 4) is 0 Å². The van der Waals surface area contributed by atoms with Crippen LogP contribution in [0.3, 0.4) is 0 Å². The smallest absolute Gasteiger partial charge is 0.0537 e. The first kappa shape index (κ1) is 11.6. The third kappa shape index (κ3) is 2.44. The molecule has 1 aromatic rings. The van der Waals surface area contributed by atoms with E-state index >= 15 is 0 Å². The van der Waals surface area contributed by atoms with Gasteiger partial charge in [0.2, 0.25) is 0 Å². The van der Waals surface area contributed by atoms with E-state index in [0.29, 0.717) is 6.04 Å². The van der Waals surface area contributed by atoms with Crippen molar-refractivity contribution in [2.24, 2.45) is 0 Å². The average molecular weight is 223 g/mol. The highest BCUT2D eigenvalue weighted by atomic mass is 16.5. The van der Waals surface area contributed by atoms with Crippen LogP contribution in [-0.4, -0.2) is 29.0 Å². The van der Waals surface area contributed by atoms with E-state index in [4.69, 9.17) is 4.74 Å². The van der Waals surface area contributed by atoms with E-state index in [0.717, 1.165) is 31.7 Å². The normalized spacial score (nSPS) is 21.9. The third-order valence-electron chi connectivity index (χ3n) is 3.50. The molecule has 0 aromatic carbocycles. The Balaban J connectivity index is 2.01. The Morgan fingerprint density at radius 3 is 2.75 bits per heavy atom. The highest BCUT2D eigenvalue weighted by molar-refractivity contribution is 5.19. The van der Waals surface area contributed by atoms with Crippen molar-refractivity contribution in [1.82, 2.24) is 15.5 Å². The van der Waals surface area contributed by atoms with E-state index in [-0.39, 0.29) is 5.54 Å². The molecule has 16 heavy (non-hydrogen) atoms. The predicted molar refractivity (Wildman–Crippen MR) is 63.3 cm³/mol. The number of nitrogens with one attached hydrogen (secondary N) is 2. The van der Waals surface area contributed by atoms with Crippen molar-refractivity contribution in [3.05, 3.63) is 17.5 Å². The molecule has 4 heteroatoms. The molecule has 1 saturated heterocycles. The van der Waals surface area contributed by atoms with Gasteiger partial charge in [0.05, 0.1) is 6.20 Å². The average Bonchev–Trinajstić information content (AvgIpc) is 2.65. The van der Waals surface area contributed by atoms with Gasteiger partial charge >= 0.3 is 0 Å². The van der Waals surface area contributed by atoms with Gasteiger partial charge < -0.3 is 10.1 Å². The molecule has 0 radical (unpaired) electrons. The van der Waals surface area contributed by atoms with Gasteiger partial charge in [0.25, 0.3) is 0 Å². The highest BCUT2D eigenvalue weighted by Gasteiger charge is 2.29. The summed E-state index contributed by atoms with van der Waals surface area (Å²) in [6, 6.07) is 0.335. The van der Waals surface area contributed by atoms with Crippen LogP contribution in [0.2, 0.25) is 0 Å². The van der Waals surface area contributed by atoms with Gasteiger partial charge in [-0.1, -0.05) is 0 Å². The van der Waals surface area contributed by atoms with Gasteiger partial charge in [0.1, 0.15) is 0 Å². The van der Waals surface area contributed by atoms with E-state index in [9.17, 15) is 0 Å². The second kappa shape index (κ2) is 4.55. The summed E-state index contributed by atoms with van der Waals surface area (Å²) in [7, 11) is 0. The molecule has 1 fully saturated rings. The molecule has 2 heterocycles. The Kier molecular flexibility index (Phi) is 3.30. The van der Waals surface area contributed by atoms with Gasteiger partial charge in [0, 0.05) is 36.1 Å². The van der Waals surface area contributed by atoms with E-state index in [1.54, 1.807) is 0 Å². The Bertz CT molecular complexity index is 342. The summed E-state index contributed by atoms with van der Waals surface area (Å²) in [5, 5.41) is 10.8. The SMILES string of the molecule is Cc1[nH]ncc1C(C)NC1(C)CCOCC1. The van der Waals surface area contributed by atoms with Crippen LogP contribution in [0.15, 0.2) is 6.20 Å². The Hall–Kier alpha value is -0.870. The van der Waals surface area contributed by atoms with Gasteiger partial charge in [0.15, 0.2) is 0 Å². The summed E-state index contributed by atoms with van der Waals surface area (Å²) in [5.74, 6) is 0. The molecule has 2 rings (SSSR count). The summed E-state index contributed by atoms with van der Waals surface area (Å²) < 4.78 is 5.40. The van der Waals surface area contributed by atoms with Crippen molar-refractivity contribution >= 4 is 0 Å². The summed E-state index contributed by atoms with van der Waals surface area (Å²) >= 11 is 0. The molecular formula is C12H21N3O. The zero-order valence-electron chi connectivity index (χ0n) is 10.3. The van der Waals surface area contributed by atoms with Crippen molar-refractivity contribution in [3.63, 3.8) is 0 Å². The summed E-state index contributed by atoms with van der Waals surface area (Å²) in [4.78, 5) is 0. The Morgan fingerprint density at radius 1 is 1.50 bits per heavy atom. The number of hydrogen-bond donors (Lipinski definition) is 2. The lowest BCUT2D eigenvalue weighted by molar-refractivity contribution is 0.0413. The molecule has 90 valence electrons. The lowest BCUT2D eigenvalue weighted by atomic mass is 9.91. The minimum atomic E-state index is 0.196. The van der Waals surface area contributed by atoms with Crippen molar-refractivity contribution in [2.75, 3.05) is 13.2 Å². The maximum Gasteiger partial charge on any atom is 0.0537 e. The van der Waals surface area contributed by atoms with Gasteiger partial charge in [-0.05, 0) is 33.6 Å². The maximum atomic E-state index is 5.40. The summed E-state index contributed by atoms with van der Waals surface area (Å²) in [6.45, 7) is 8.26. The van der Waals surface area contributed by atoms with E-state index in [1.807, 2.05) is 6.20 Å². The fourth-order valence-electron chi connectivity index (χ4n) is 2.36. The fraction of sp³-hybridized carbons (Fsp3) is 0.750. The Morgan fingerprint density at radius 2 is 2.19 bits per heavy atom. The van der Waals surface area contributed by atoms with Crippen LogP contribution >= 0.6 is 0 Å². The first-order chi connectivity index (χ1) is 7.61. The second-order valence-corrected chi connectivity index (χ2v) is 4.99. The van der Waals surface area contributed by atoms with Crippen LogP contribution in [0, 0.1) is 6.92 Å². The predicted octanol–water partition coefficient (Wildman–Crippen LogP) is 1.94. The van der Waals surface area contributed by atoms with Crippen LogP contribution in [0.1, 0.15) is 44.0 Å². The minimum absolute atomic E-state index is 0.196. The van der Waals surface area contributed by atoms with Gasteiger partial charge in [-0.15, -0.1) is 0 Å². The molecule has 4 nitrogen and oxygen atoms in total. The molecular weight excluding hydrogens is 202 g/mol. The number of hydrogen-bond acceptors (Lipinski definition) is 3. The van der Waals surface area contributed by atoms with Gasteiger partial charge in [-0.2, -0.15) is 5.10 Å². The molecule has 0 amide bonds. The van der Waals surface area contributed by atoms with Crippen LogP contribution in [0.4, 0.5) is 0 Å². The molecule has 1 aliphatic heterocycles. The molecule has 0 aliphatic carbocycles. The first-order valence-electron chi connectivity index (χ1n) is 5.96. The number of nitrogens with zero attached hydrogens (tertiary/aromatic N) is 1. The Labute approximate surface area is 96.8 Å². The summed E-state index contributed by atoms with van der Waals surface area (Å²) in [5.41, 5.74) is 2.60. The van der Waals surface area contributed by atoms with Gasteiger partial charge in [-0.25, -0.2) is 0 Å². The molecule has 0 spiro atoms. The number of aryl methyl sites for hydroxylation is 1. The van der Waals surface area contributed by atoms with Crippen LogP contribution in [0.25, 0.3) is 0 Å². The molecule has 1 atom stereocenters. The van der Waals surface area contributed by atoms with Crippen LogP contribution < -0.4 is 5.32 Å². The lowest BCUT2D eigenvalue weighted by Crippen LogP contribution is -2.47. The fourth-order valence-corrected chi connectivity index (χ4v) is 2.36. The van der Waals surface area contributed by atoms with E-state index in [2.05, 4.69) is 36.3 Å². The molecule has 0 bridgehead atoms. The minimum Gasteiger partial charge on any atom is -0.381 e. The maximum absolute atomic E-state index is 5.40. The molecule has 1 aliphatic rings. The quantitative estimate of drug-likeness (QED) is 0.823. The molecule has 2 N–H and O–H groups in total. The van der Waals surface area contributed by atoms with Crippen molar-refractivity contribution in [1.29, 1.82) is 0 Å². The number of aromatic amines is 1. The number of aromatic nitrogens is 2. The largest absolute Gasteiger partial charge is 0.381 e. The van der Waals surface area contributed by atoms with E-state index in [1.165, 1.54) is 5.56 Å². The monoisotopic (exact) mass is 223 g/mol. The topological polar surface area (TPSA) is 49.9 Å². The van der Waals surface area contributed by atoms with Crippen molar-refractivity contribution < 1.29 is 4.74 Å². The highest BCUT2D eigenvalue weighted by Crippen LogP contribution is 2.25. The third-order valence-corrected chi connectivity index (χ3v) is 3.50. The van der Waals surface area contributed by atoms with E-state index < -0.39 is 0 Å². The van der Waals surface area contributed by atoms with Gasteiger partial charge in [-0.3, -0.25) is 5.10 Å². The number of rotatable bonds is 3. The van der Waals surface area contributed by atoms with Crippen molar-refractivity contribution in [2.45, 2.75) is 45.2 Å². The van der Waals surface area contributed by atoms with Crippen LogP contribution in [-0.2, 0) is 4.74 Å². The zero-order valence-corrected chi connectivity index (χ0v) is 10.3. The lowest BCUT2D eigenvalue weighted by Gasteiger charge is -2.37. The zero-order chi connectivity index (χ0) is 11.6. The first-order valence-corrected chi connectivity index (χ1v) is 5.96. The standard InChI is InChI=1S/C12H21N3O/c1-9(11-8-13-15-10(11)2)14-12(3)4-6-16-7-5-12/h8-9,14H,4-7H2,1-3H3,(H,13,15). The summed E-state index contributed by atoms with van der Waals surface area (Å²) in [6.07, 6.45) is 4.07. The number of ether oxygens (including phenoxy) is 1. The van der Waals surface area contributed by atoms with Crippen LogP contribution in [0.5, 0.6) is 0 Å². The second-order valence-electron chi connectivity index (χ2n) is 4.99. The number of H-pyrrole nitrogens is 1. The molecule has 1 aromatic heterocycles. The molecule has 1 unspecified atom stereocenters. The molecule has 0 saturated carbocycles.